The summed E-state index contributed by atoms with van der Waals surface area (Å²) in [4.78, 5) is 0. The molecule has 0 atom stereocenters. The molecule has 44 heavy (non-hydrogen) atoms. The van der Waals surface area contributed by atoms with Crippen LogP contribution in [0.1, 0.15) is 103 Å². The van der Waals surface area contributed by atoms with Gasteiger partial charge in [-0.25, -0.2) is 9.47 Å². The Hall–Kier alpha value is -2.10. The number of alkyl halides is 6. The van der Waals surface area contributed by atoms with Crippen molar-refractivity contribution in [3.05, 3.63) is 75.9 Å². The fourth-order valence-electron chi connectivity index (χ4n) is 5.65. The van der Waals surface area contributed by atoms with Crippen molar-refractivity contribution in [3.8, 4) is 0 Å². The van der Waals surface area contributed by atoms with Gasteiger partial charge in [0.15, 0.2) is 0 Å². The Morgan fingerprint density at radius 1 is 0.432 bits per heavy atom. The van der Waals surface area contributed by atoms with Crippen LogP contribution in [-0.2, 0) is 14.2 Å². The van der Waals surface area contributed by atoms with Gasteiger partial charge in [0, 0.05) is 13.0 Å². The van der Waals surface area contributed by atoms with Crippen LogP contribution in [0.2, 0.25) is 0 Å². The van der Waals surface area contributed by atoms with Gasteiger partial charge < -0.3 is 4.74 Å². The molecule has 0 aromatic carbocycles. The number of unbranched alkanes of at least 4 members (excludes halogenated alkanes) is 5. The molecule has 9 heteroatoms. The topological polar surface area (TPSA) is 27.7 Å². The largest absolute Gasteiger partial charge is 0.494 e. The fourth-order valence-corrected chi connectivity index (χ4v) is 5.65. The highest BCUT2D eigenvalue weighted by Gasteiger charge is 2.52. The summed E-state index contributed by atoms with van der Waals surface area (Å²) in [5, 5.41) is 0. The third-order valence-corrected chi connectivity index (χ3v) is 7.69. The zero-order valence-corrected chi connectivity index (χ0v) is 26.4. The molecule has 0 rings (SSSR count). The van der Waals surface area contributed by atoms with E-state index < -0.39 is 31.5 Å². The molecule has 0 unspecified atom stereocenters. The molecule has 0 spiro atoms. The standard InChI is InChI=1S/C35H54F6O3/c1-7-20-31(21-8-2,22-9-3)26-16-13-14-19-29-42-30-34(38,39)44-35(40,41)43-33(36,37)28-18-15-17-27-32(23-10-4,24-11-5)25-12-6/h7-12H,1-6,13-30H2. The lowest BCUT2D eigenvalue weighted by atomic mass is 9.74. The van der Waals surface area contributed by atoms with Crippen LogP contribution in [0.5, 0.6) is 0 Å². The Labute approximate surface area is 261 Å². The smallest absolute Gasteiger partial charge is 0.372 e. The molecule has 0 bridgehead atoms. The minimum atomic E-state index is -5.21. The minimum Gasteiger partial charge on any atom is -0.372 e. The quantitative estimate of drug-likeness (QED) is 0.0328. The molecular weight excluding hydrogens is 582 g/mol. The molecule has 3 nitrogen and oxygen atoms in total. The van der Waals surface area contributed by atoms with Gasteiger partial charge in [-0.3, -0.25) is 0 Å². The number of hydrogen-bond acceptors (Lipinski definition) is 3. The molecule has 0 aromatic heterocycles. The van der Waals surface area contributed by atoms with E-state index in [9.17, 15) is 26.3 Å². The first kappa shape index (κ1) is 41.9. The van der Waals surface area contributed by atoms with Gasteiger partial charge in [0.25, 0.3) is 0 Å². The minimum absolute atomic E-state index is 0.0141. The van der Waals surface area contributed by atoms with Gasteiger partial charge in [-0.15, -0.1) is 48.3 Å². The molecule has 0 aliphatic rings. The molecule has 0 aromatic rings. The van der Waals surface area contributed by atoms with Gasteiger partial charge in [0.05, 0.1) is 0 Å². The van der Waals surface area contributed by atoms with Gasteiger partial charge in [0.2, 0.25) is 0 Å². The van der Waals surface area contributed by atoms with E-state index >= 15 is 0 Å². The Balaban J connectivity index is 4.50. The predicted molar refractivity (Wildman–Crippen MR) is 168 cm³/mol. The Kier molecular flexibility index (Phi) is 20.6. The van der Waals surface area contributed by atoms with Gasteiger partial charge in [0.1, 0.15) is 6.61 Å². The number of allylic oxidation sites excluding steroid dienone is 6. The van der Waals surface area contributed by atoms with E-state index in [0.717, 1.165) is 38.5 Å². The summed E-state index contributed by atoms with van der Waals surface area (Å²) in [6.45, 7) is 21.2. The molecule has 0 aliphatic carbocycles. The average Bonchev–Trinajstić information content (AvgIpc) is 2.89. The molecule has 0 fully saturated rings. The second kappa shape index (κ2) is 21.6. The Bertz CT molecular complexity index is 802. The van der Waals surface area contributed by atoms with Gasteiger partial charge >= 0.3 is 18.5 Å². The zero-order valence-electron chi connectivity index (χ0n) is 26.4. The third-order valence-electron chi connectivity index (χ3n) is 7.69. The van der Waals surface area contributed by atoms with Crippen LogP contribution in [-0.4, -0.2) is 31.7 Å². The van der Waals surface area contributed by atoms with Crippen LogP contribution in [0.25, 0.3) is 0 Å². The van der Waals surface area contributed by atoms with Crippen molar-refractivity contribution in [2.75, 3.05) is 13.2 Å². The highest BCUT2D eigenvalue weighted by Crippen LogP contribution is 2.40. The summed E-state index contributed by atoms with van der Waals surface area (Å²) >= 11 is 0. The molecule has 254 valence electrons. The van der Waals surface area contributed by atoms with Crippen molar-refractivity contribution in [3.63, 3.8) is 0 Å². The number of halogens is 6. The lowest BCUT2D eigenvalue weighted by Crippen LogP contribution is -2.42. The summed E-state index contributed by atoms with van der Waals surface area (Å²) in [5.41, 5.74) is -0.159. The molecular formula is C35H54F6O3. The second-order valence-electron chi connectivity index (χ2n) is 11.7. The zero-order chi connectivity index (χ0) is 33.6. The number of hydrogen-bond donors (Lipinski definition) is 0. The summed E-state index contributed by atoms with van der Waals surface area (Å²) in [5.74, 6) is 0. The van der Waals surface area contributed by atoms with E-state index in [1.807, 2.05) is 18.2 Å². The van der Waals surface area contributed by atoms with Crippen molar-refractivity contribution in [1.29, 1.82) is 0 Å². The Morgan fingerprint density at radius 3 is 1.18 bits per heavy atom. The van der Waals surface area contributed by atoms with Crippen molar-refractivity contribution in [1.82, 2.24) is 0 Å². The normalized spacial score (nSPS) is 13.0. The van der Waals surface area contributed by atoms with E-state index in [1.165, 1.54) is 0 Å². The molecule has 0 saturated heterocycles. The van der Waals surface area contributed by atoms with Crippen LogP contribution >= 0.6 is 0 Å². The summed E-state index contributed by atoms with van der Waals surface area (Å²) in [6.07, 6.45) is 5.52. The molecule has 0 saturated carbocycles. The molecule has 0 N–H and O–H groups in total. The van der Waals surface area contributed by atoms with Gasteiger partial charge in [-0.2, -0.15) is 17.6 Å². The van der Waals surface area contributed by atoms with Crippen molar-refractivity contribution < 1.29 is 40.6 Å². The third kappa shape index (κ3) is 18.6. The molecule has 0 radical (unpaired) electrons. The summed E-state index contributed by atoms with van der Waals surface area (Å²) in [7, 11) is 0. The number of rotatable bonds is 31. The first-order valence-corrected chi connectivity index (χ1v) is 15.5. The van der Waals surface area contributed by atoms with E-state index in [1.54, 1.807) is 18.2 Å². The summed E-state index contributed by atoms with van der Waals surface area (Å²) in [6, 6.07) is 0. The maximum Gasteiger partial charge on any atom is 0.494 e. The van der Waals surface area contributed by atoms with Crippen molar-refractivity contribution in [2.45, 2.75) is 121 Å². The van der Waals surface area contributed by atoms with E-state index in [0.29, 0.717) is 51.4 Å². The Morgan fingerprint density at radius 2 is 0.773 bits per heavy atom. The second-order valence-corrected chi connectivity index (χ2v) is 11.7. The van der Waals surface area contributed by atoms with Crippen molar-refractivity contribution >= 4 is 0 Å². The highest BCUT2D eigenvalue weighted by atomic mass is 19.3. The predicted octanol–water partition coefficient (Wildman–Crippen LogP) is 12.1. The summed E-state index contributed by atoms with van der Waals surface area (Å²) < 4.78 is 95.2. The fraction of sp³-hybridized carbons (Fsp3) is 0.657. The van der Waals surface area contributed by atoms with Gasteiger partial charge in [-0.05, 0) is 75.0 Å². The van der Waals surface area contributed by atoms with E-state index in [2.05, 4.69) is 48.9 Å². The van der Waals surface area contributed by atoms with Crippen LogP contribution in [0.3, 0.4) is 0 Å². The van der Waals surface area contributed by atoms with Crippen molar-refractivity contribution in [2.24, 2.45) is 10.8 Å². The lowest BCUT2D eigenvalue weighted by Gasteiger charge is -2.31. The van der Waals surface area contributed by atoms with Gasteiger partial charge in [-0.1, -0.05) is 68.6 Å². The lowest BCUT2D eigenvalue weighted by molar-refractivity contribution is -0.516. The molecule has 0 aliphatic heterocycles. The van der Waals surface area contributed by atoms with E-state index in [-0.39, 0.29) is 23.9 Å². The molecule has 0 heterocycles. The maximum absolute atomic E-state index is 14.1. The maximum atomic E-state index is 14.1. The SMILES string of the molecule is C=CCC(CC=C)(CC=C)CCCCCCOCC(F)(F)OC(F)(F)OC(F)(F)CCCCCC(CC=C)(CC=C)CC=C. The average molecular weight is 637 g/mol. The highest BCUT2D eigenvalue weighted by molar-refractivity contribution is 4.96. The van der Waals surface area contributed by atoms with Crippen LogP contribution < -0.4 is 0 Å². The monoisotopic (exact) mass is 636 g/mol. The number of ether oxygens (including phenoxy) is 3. The van der Waals surface area contributed by atoms with Crippen LogP contribution in [0, 0.1) is 10.8 Å². The van der Waals surface area contributed by atoms with Crippen LogP contribution in [0.4, 0.5) is 26.3 Å². The first-order chi connectivity index (χ1) is 20.7. The first-order valence-electron chi connectivity index (χ1n) is 15.5. The molecule has 0 amide bonds. The van der Waals surface area contributed by atoms with Crippen LogP contribution in [0.15, 0.2) is 75.9 Å². The van der Waals surface area contributed by atoms with E-state index in [4.69, 9.17) is 4.74 Å².